The van der Waals surface area contributed by atoms with Gasteiger partial charge in [0.15, 0.2) is 0 Å². The number of benzene rings is 2. The molecule has 3 rings (SSSR count). The van der Waals surface area contributed by atoms with E-state index in [4.69, 9.17) is 10.5 Å². The fourth-order valence-corrected chi connectivity index (χ4v) is 2.70. The van der Waals surface area contributed by atoms with Crippen LogP contribution >= 0.6 is 15.9 Å². The summed E-state index contributed by atoms with van der Waals surface area (Å²) < 4.78 is 6.91. The van der Waals surface area contributed by atoms with Crippen molar-refractivity contribution in [3.05, 3.63) is 64.1 Å². The summed E-state index contributed by atoms with van der Waals surface area (Å²) in [4.78, 5) is 4.41. The summed E-state index contributed by atoms with van der Waals surface area (Å²) >= 11 is 3.45. The van der Waals surface area contributed by atoms with Crippen LogP contribution in [0, 0.1) is 6.92 Å². The maximum atomic E-state index is 6.01. The van der Waals surface area contributed by atoms with Gasteiger partial charge in [0.2, 0.25) is 0 Å². The van der Waals surface area contributed by atoms with Crippen molar-refractivity contribution in [2.45, 2.75) is 13.5 Å². The minimum atomic E-state index is 0.409. The minimum Gasteiger partial charge on any atom is -0.488 e. The number of ether oxygens (including phenoxy) is 1. The number of nitrogens with two attached hydrogens (primary N) is 1. The number of halogens is 1. The van der Waals surface area contributed by atoms with Gasteiger partial charge in [-0.05, 0) is 42.8 Å². The Kier molecular flexibility index (Phi) is 3.80. The fraction of sp³-hybridized carbons (Fsp3) is 0.118. The van der Waals surface area contributed by atoms with Gasteiger partial charge in [0, 0.05) is 15.4 Å². The van der Waals surface area contributed by atoms with Crippen LogP contribution in [0.25, 0.3) is 10.9 Å². The second kappa shape index (κ2) is 5.74. The van der Waals surface area contributed by atoms with Crippen molar-refractivity contribution in [3.63, 3.8) is 0 Å². The maximum Gasteiger partial charge on any atom is 0.130 e. The van der Waals surface area contributed by atoms with Crippen LogP contribution in [0.15, 0.2) is 53.0 Å². The standard InChI is InChI=1S/C17H15BrN2O/c1-11-8-14(18)6-7-16(11)21-10-13-9-12-4-2-3-5-15(12)20-17(13)19/h2-9H,10H2,1H3,(H2,19,20). The number of para-hydroxylation sites is 1. The number of aryl methyl sites for hydroxylation is 1. The van der Waals surface area contributed by atoms with Crippen LogP contribution in [-0.4, -0.2) is 4.98 Å². The van der Waals surface area contributed by atoms with Crippen LogP contribution in [0.3, 0.4) is 0 Å². The Morgan fingerprint density at radius 1 is 1.14 bits per heavy atom. The monoisotopic (exact) mass is 342 g/mol. The Labute approximate surface area is 131 Å². The van der Waals surface area contributed by atoms with Gasteiger partial charge in [-0.3, -0.25) is 0 Å². The molecule has 0 saturated heterocycles. The average molecular weight is 343 g/mol. The van der Waals surface area contributed by atoms with Crippen molar-refractivity contribution in [2.75, 3.05) is 5.73 Å². The first-order chi connectivity index (χ1) is 10.1. The smallest absolute Gasteiger partial charge is 0.130 e. The molecule has 2 N–H and O–H groups in total. The first-order valence-electron chi connectivity index (χ1n) is 6.66. The quantitative estimate of drug-likeness (QED) is 0.763. The molecule has 0 fully saturated rings. The van der Waals surface area contributed by atoms with E-state index >= 15 is 0 Å². The van der Waals surface area contributed by atoms with Crippen LogP contribution in [0.1, 0.15) is 11.1 Å². The van der Waals surface area contributed by atoms with Crippen molar-refractivity contribution >= 4 is 32.7 Å². The van der Waals surface area contributed by atoms with Crippen molar-refractivity contribution in [2.24, 2.45) is 0 Å². The van der Waals surface area contributed by atoms with Gasteiger partial charge in [-0.25, -0.2) is 4.98 Å². The van der Waals surface area contributed by atoms with E-state index in [9.17, 15) is 0 Å². The van der Waals surface area contributed by atoms with Gasteiger partial charge in [0.05, 0.1) is 5.52 Å². The summed E-state index contributed by atoms with van der Waals surface area (Å²) in [5, 5.41) is 1.07. The van der Waals surface area contributed by atoms with Crippen LogP contribution < -0.4 is 10.5 Å². The SMILES string of the molecule is Cc1cc(Br)ccc1OCc1cc2ccccc2nc1N. The lowest BCUT2D eigenvalue weighted by atomic mass is 10.1. The molecule has 1 aromatic heterocycles. The summed E-state index contributed by atoms with van der Waals surface area (Å²) in [6, 6.07) is 15.9. The lowest BCUT2D eigenvalue weighted by molar-refractivity contribution is 0.304. The molecule has 0 spiro atoms. The van der Waals surface area contributed by atoms with E-state index in [0.29, 0.717) is 12.4 Å². The molecule has 0 amide bonds. The minimum absolute atomic E-state index is 0.409. The third kappa shape index (κ3) is 3.00. The van der Waals surface area contributed by atoms with E-state index in [-0.39, 0.29) is 0 Å². The molecule has 0 radical (unpaired) electrons. The Morgan fingerprint density at radius 2 is 1.95 bits per heavy atom. The van der Waals surface area contributed by atoms with Gasteiger partial charge in [-0.1, -0.05) is 34.1 Å². The first kappa shape index (κ1) is 13.9. The molecule has 0 atom stereocenters. The van der Waals surface area contributed by atoms with Crippen LogP contribution in [0.5, 0.6) is 5.75 Å². The van der Waals surface area contributed by atoms with Gasteiger partial charge >= 0.3 is 0 Å². The molecule has 3 aromatic rings. The van der Waals surface area contributed by atoms with E-state index in [1.807, 2.05) is 55.5 Å². The molecule has 0 aliphatic heterocycles. The molecule has 1 heterocycles. The second-order valence-corrected chi connectivity index (χ2v) is 5.84. The normalized spacial score (nSPS) is 10.8. The topological polar surface area (TPSA) is 48.1 Å². The molecular weight excluding hydrogens is 328 g/mol. The van der Waals surface area contributed by atoms with Crippen LogP contribution in [0.2, 0.25) is 0 Å². The van der Waals surface area contributed by atoms with E-state index < -0.39 is 0 Å². The highest BCUT2D eigenvalue weighted by Gasteiger charge is 2.06. The van der Waals surface area contributed by atoms with Gasteiger partial charge in [-0.15, -0.1) is 0 Å². The number of anilines is 1. The number of aromatic nitrogens is 1. The zero-order valence-electron chi connectivity index (χ0n) is 11.6. The molecule has 106 valence electrons. The fourth-order valence-electron chi connectivity index (χ4n) is 2.22. The molecule has 0 aliphatic rings. The van der Waals surface area contributed by atoms with Gasteiger partial charge in [-0.2, -0.15) is 0 Å². The number of hydrogen-bond acceptors (Lipinski definition) is 3. The number of nitrogens with zero attached hydrogens (tertiary/aromatic N) is 1. The zero-order valence-corrected chi connectivity index (χ0v) is 13.2. The summed E-state index contributed by atoms with van der Waals surface area (Å²) in [7, 11) is 0. The molecule has 21 heavy (non-hydrogen) atoms. The van der Waals surface area contributed by atoms with Gasteiger partial charge in [0.25, 0.3) is 0 Å². The van der Waals surface area contributed by atoms with E-state index in [1.54, 1.807) is 0 Å². The largest absolute Gasteiger partial charge is 0.488 e. The zero-order chi connectivity index (χ0) is 14.8. The summed E-state index contributed by atoms with van der Waals surface area (Å²) in [6.45, 7) is 2.42. The Balaban J connectivity index is 1.86. The Hall–Kier alpha value is -2.07. The van der Waals surface area contributed by atoms with Crippen LogP contribution in [0.4, 0.5) is 5.82 Å². The molecule has 2 aromatic carbocycles. The van der Waals surface area contributed by atoms with Crippen molar-refractivity contribution in [1.82, 2.24) is 4.98 Å². The lowest BCUT2D eigenvalue weighted by Gasteiger charge is -2.11. The van der Waals surface area contributed by atoms with Crippen molar-refractivity contribution in [1.29, 1.82) is 0 Å². The number of rotatable bonds is 3. The average Bonchev–Trinajstić information content (AvgIpc) is 2.46. The number of hydrogen-bond donors (Lipinski definition) is 1. The Bertz CT molecular complexity index is 802. The summed E-state index contributed by atoms with van der Waals surface area (Å²) in [5.41, 5.74) is 8.90. The predicted molar refractivity (Wildman–Crippen MR) is 89.4 cm³/mol. The molecular formula is C17H15BrN2O. The number of pyridine rings is 1. The van der Waals surface area contributed by atoms with E-state index in [1.165, 1.54) is 0 Å². The van der Waals surface area contributed by atoms with E-state index in [0.717, 1.165) is 32.3 Å². The highest BCUT2D eigenvalue weighted by atomic mass is 79.9. The molecule has 0 aliphatic carbocycles. The molecule has 0 bridgehead atoms. The summed E-state index contributed by atoms with van der Waals surface area (Å²) in [5.74, 6) is 1.37. The molecule has 4 heteroatoms. The second-order valence-electron chi connectivity index (χ2n) is 4.92. The van der Waals surface area contributed by atoms with Crippen molar-refractivity contribution < 1.29 is 4.74 Å². The predicted octanol–water partition coefficient (Wildman–Crippen LogP) is 4.47. The highest BCUT2D eigenvalue weighted by Crippen LogP contribution is 2.24. The Morgan fingerprint density at radius 3 is 2.76 bits per heavy atom. The molecule has 0 saturated carbocycles. The summed E-state index contributed by atoms with van der Waals surface area (Å²) in [6.07, 6.45) is 0. The first-order valence-corrected chi connectivity index (χ1v) is 7.46. The maximum absolute atomic E-state index is 6.01. The third-order valence-corrected chi connectivity index (χ3v) is 3.85. The lowest BCUT2D eigenvalue weighted by Crippen LogP contribution is -2.03. The van der Waals surface area contributed by atoms with Gasteiger partial charge < -0.3 is 10.5 Å². The number of fused-ring (bicyclic) bond motifs is 1. The third-order valence-electron chi connectivity index (χ3n) is 3.36. The molecule has 0 unspecified atom stereocenters. The van der Waals surface area contributed by atoms with E-state index in [2.05, 4.69) is 20.9 Å². The number of nitrogen functional groups attached to an aromatic ring is 1. The highest BCUT2D eigenvalue weighted by molar-refractivity contribution is 9.10. The van der Waals surface area contributed by atoms with Gasteiger partial charge in [0.1, 0.15) is 18.2 Å². The van der Waals surface area contributed by atoms with Crippen LogP contribution in [-0.2, 0) is 6.61 Å². The van der Waals surface area contributed by atoms with Crippen molar-refractivity contribution in [3.8, 4) is 5.75 Å². The molecule has 3 nitrogen and oxygen atoms in total.